The van der Waals surface area contributed by atoms with Crippen LogP contribution in [0.15, 0.2) is 67.0 Å². The van der Waals surface area contributed by atoms with E-state index < -0.39 is 0 Å². The van der Waals surface area contributed by atoms with Crippen LogP contribution in [0.3, 0.4) is 0 Å². The SMILES string of the molecule is O=C(Nc1ccccc1)c1cnc(NCc2ccc(F)cc2)nc1. The average molecular weight is 322 g/mol. The summed E-state index contributed by atoms with van der Waals surface area (Å²) in [5.74, 6) is -0.148. The van der Waals surface area contributed by atoms with E-state index >= 15 is 0 Å². The Morgan fingerprint density at radius 2 is 1.62 bits per heavy atom. The highest BCUT2D eigenvalue weighted by molar-refractivity contribution is 6.03. The van der Waals surface area contributed by atoms with Crippen LogP contribution in [0.2, 0.25) is 0 Å². The Labute approximate surface area is 138 Å². The van der Waals surface area contributed by atoms with Gasteiger partial charge in [0.2, 0.25) is 5.95 Å². The first kappa shape index (κ1) is 15.6. The van der Waals surface area contributed by atoms with E-state index in [-0.39, 0.29) is 11.7 Å². The van der Waals surface area contributed by atoms with Crippen molar-refractivity contribution >= 4 is 17.5 Å². The zero-order valence-corrected chi connectivity index (χ0v) is 12.7. The maximum absolute atomic E-state index is 12.8. The van der Waals surface area contributed by atoms with Gasteiger partial charge in [0.05, 0.1) is 5.56 Å². The van der Waals surface area contributed by atoms with E-state index in [1.54, 1.807) is 24.3 Å². The first-order valence-corrected chi connectivity index (χ1v) is 7.37. The molecule has 1 aromatic heterocycles. The smallest absolute Gasteiger partial charge is 0.258 e. The summed E-state index contributed by atoms with van der Waals surface area (Å²) in [5, 5.41) is 5.79. The molecule has 0 bridgehead atoms. The van der Waals surface area contributed by atoms with Crippen LogP contribution in [0, 0.1) is 5.82 Å². The second kappa shape index (κ2) is 7.32. The molecule has 0 saturated heterocycles. The molecule has 0 aliphatic rings. The minimum Gasteiger partial charge on any atom is -0.350 e. The number of rotatable bonds is 5. The molecule has 5 nitrogen and oxygen atoms in total. The lowest BCUT2D eigenvalue weighted by Crippen LogP contribution is -2.13. The fourth-order valence-corrected chi connectivity index (χ4v) is 2.04. The van der Waals surface area contributed by atoms with E-state index in [4.69, 9.17) is 0 Å². The third kappa shape index (κ3) is 4.13. The zero-order chi connectivity index (χ0) is 16.8. The van der Waals surface area contributed by atoms with Gasteiger partial charge in [0.1, 0.15) is 5.82 Å². The normalized spacial score (nSPS) is 10.2. The van der Waals surface area contributed by atoms with Crippen LogP contribution >= 0.6 is 0 Å². The van der Waals surface area contributed by atoms with Crippen LogP contribution in [0.1, 0.15) is 15.9 Å². The van der Waals surface area contributed by atoms with Gasteiger partial charge in [-0.15, -0.1) is 0 Å². The largest absolute Gasteiger partial charge is 0.350 e. The summed E-state index contributed by atoms with van der Waals surface area (Å²) in [6.45, 7) is 0.468. The number of para-hydroxylation sites is 1. The third-order valence-electron chi connectivity index (χ3n) is 3.31. The van der Waals surface area contributed by atoms with Crippen molar-refractivity contribution < 1.29 is 9.18 Å². The molecule has 120 valence electrons. The number of halogens is 1. The Morgan fingerprint density at radius 3 is 2.29 bits per heavy atom. The molecule has 2 aromatic carbocycles. The Hall–Kier alpha value is -3.28. The Bertz CT molecular complexity index is 805. The minimum absolute atomic E-state index is 0.272. The molecule has 1 heterocycles. The van der Waals surface area contributed by atoms with Crippen LogP contribution < -0.4 is 10.6 Å². The number of hydrogen-bond donors (Lipinski definition) is 2. The summed E-state index contributed by atoms with van der Waals surface area (Å²) in [6.07, 6.45) is 2.91. The number of aromatic nitrogens is 2. The molecule has 24 heavy (non-hydrogen) atoms. The van der Waals surface area contributed by atoms with Crippen molar-refractivity contribution in [2.24, 2.45) is 0 Å². The van der Waals surface area contributed by atoms with Crippen LogP contribution in [0.4, 0.5) is 16.0 Å². The quantitative estimate of drug-likeness (QED) is 0.755. The van der Waals surface area contributed by atoms with Gasteiger partial charge in [-0.2, -0.15) is 0 Å². The Balaban J connectivity index is 1.58. The predicted octanol–water partition coefficient (Wildman–Crippen LogP) is 3.48. The monoisotopic (exact) mass is 322 g/mol. The van der Waals surface area contributed by atoms with Crippen molar-refractivity contribution in [1.82, 2.24) is 9.97 Å². The van der Waals surface area contributed by atoms with Crippen LogP contribution in [0.5, 0.6) is 0 Å². The lowest BCUT2D eigenvalue weighted by atomic mass is 10.2. The molecule has 0 aliphatic heterocycles. The Morgan fingerprint density at radius 1 is 0.958 bits per heavy atom. The van der Waals surface area contributed by atoms with Crippen molar-refractivity contribution in [3.63, 3.8) is 0 Å². The first-order chi connectivity index (χ1) is 11.7. The summed E-state index contributed by atoms with van der Waals surface area (Å²) in [4.78, 5) is 20.3. The van der Waals surface area contributed by atoms with Gasteiger partial charge in [-0.05, 0) is 29.8 Å². The molecule has 0 radical (unpaired) electrons. The molecule has 1 amide bonds. The number of amides is 1. The summed E-state index contributed by atoms with van der Waals surface area (Å²) in [5.41, 5.74) is 1.98. The van der Waals surface area contributed by atoms with E-state index in [0.717, 1.165) is 5.56 Å². The molecule has 6 heteroatoms. The van der Waals surface area contributed by atoms with Gasteiger partial charge in [0.25, 0.3) is 5.91 Å². The lowest BCUT2D eigenvalue weighted by Gasteiger charge is -2.07. The molecule has 3 aromatic rings. The number of anilines is 2. The molecule has 2 N–H and O–H groups in total. The fourth-order valence-electron chi connectivity index (χ4n) is 2.04. The van der Waals surface area contributed by atoms with Gasteiger partial charge >= 0.3 is 0 Å². The van der Waals surface area contributed by atoms with E-state index in [1.165, 1.54) is 24.5 Å². The topological polar surface area (TPSA) is 66.9 Å². The van der Waals surface area contributed by atoms with Gasteiger partial charge in [-0.1, -0.05) is 30.3 Å². The van der Waals surface area contributed by atoms with Crippen LogP contribution in [0.25, 0.3) is 0 Å². The Kier molecular flexibility index (Phi) is 4.76. The van der Waals surface area contributed by atoms with Gasteiger partial charge in [-0.25, -0.2) is 14.4 Å². The van der Waals surface area contributed by atoms with Crippen molar-refractivity contribution in [2.75, 3.05) is 10.6 Å². The second-order valence-corrected chi connectivity index (χ2v) is 5.10. The maximum Gasteiger partial charge on any atom is 0.258 e. The number of nitrogens with one attached hydrogen (secondary N) is 2. The van der Waals surface area contributed by atoms with Crippen LogP contribution in [-0.4, -0.2) is 15.9 Å². The van der Waals surface area contributed by atoms with E-state index in [2.05, 4.69) is 20.6 Å². The lowest BCUT2D eigenvalue weighted by molar-refractivity contribution is 0.102. The molecule has 3 rings (SSSR count). The molecule has 0 unspecified atom stereocenters. The van der Waals surface area contributed by atoms with Crippen molar-refractivity contribution in [3.05, 3.63) is 83.9 Å². The number of nitrogens with zero attached hydrogens (tertiary/aromatic N) is 2. The van der Waals surface area contributed by atoms with Crippen molar-refractivity contribution in [3.8, 4) is 0 Å². The third-order valence-corrected chi connectivity index (χ3v) is 3.31. The summed E-state index contributed by atoms with van der Waals surface area (Å²) in [6, 6.07) is 15.3. The summed E-state index contributed by atoms with van der Waals surface area (Å²) in [7, 11) is 0. The maximum atomic E-state index is 12.8. The first-order valence-electron chi connectivity index (χ1n) is 7.37. The van der Waals surface area contributed by atoms with Crippen LogP contribution in [-0.2, 0) is 6.54 Å². The highest BCUT2D eigenvalue weighted by Crippen LogP contribution is 2.09. The molecule has 0 spiro atoms. The molecular weight excluding hydrogens is 307 g/mol. The van der Waals surface area contributed by atoms with E-state index in [1.807, 2.05) is 18.2 Å². The number of carbonyl (C=O) groups excluding carboxylic acids is 1. The van der Waals surface area contributed by atoms with Gasteiger partial charge in [-0.3, -0.25) is 4.79 Å². The predicted molar refractivity (Wildman–Crippen MR) is 90.2 cm³/mol. The van der Waals surface area contributed by atoms with Gasteiger partial charge in [0.15, 0.2) is 0 Å². The fraction of sp³-hybridized carbons (Fsp3) is 0.0556. The molecule has 0 aliphatic carbocycles. The number of benzene rings is 2. The highest BCUT2D eigenvalue weighted by Gasteiger charge is 2.07. The zero-order valence-electron chi connectivity index (χ0n) is 12.7. The van der Waals surface area contributed by atoms with Gasteiger partial charge in [0, 0.05) is 24.6 Å². The molecule has 0 saturated carbocycles. The molecule has 0 atom stereocenters. The standard InChI is InChI=1S/C18H15FN4O/c19-15-8-6-13(7-9-15)10-20-18-21-11-14(12-22-18)17(24)23-16-4-2-1-3-5-16/h1-9,11-12H,10H2,(H,23,24)(H,20,21,22). The highest BCUT2D eigenvalue weighted by atomic mass is 19.1. The van der Waals surface area contributed by atoms with E-state index in [9.17, 15) is 9.18 Å². The number of carbonyl (C=O) groups is 1. The summed E-state index contributed by atoms with van der Waals surface area (Å²) >= 11 is 0. The number of hydrogen-bond acceptors (Lipinski definition) is 4. The molecule has 0 fully saturated rings. The van der Waals surface area contributed by atoms with E-state index in [0.29, 0.717) is 23.7 Å². The summed E-state index contributed by atoms with van der Waals surface area (Å²) < 4.78 is 12.8. The minimum atomic E-state index is -0.274. The molecular formula is C18H15FN4O. The second-order valence-electron chi connectivity index (χ2n) is 5.10. The van der Waals surface area contributed by atoms with Crippen molar-refractivity contribution in [1.29, 1.82) is 0 Å². The van der Waals surface area contributed by atoms with Gasteiger partial charge < -0.3 is 10.6 Å². The van der Waals surface area contributed by atoms with Crippen molar-refractivity contribution in [2.45, 2.75) is 6.54 Å². The average Bonchev–Trinajstić information content (AvgIpc) is 2.62.